The highest BCUT2D eigenvalue weighted by Gasteiger charge is 2.23. The van der Waals surface area contributed by atoms with Crippen LogP contribution in [0.1, 0.15) is 44.1 Å². The molecule has 5 nitrogen and oxygen atoms in total. The smallest absolute Gasteiger partial charge is 0.271 e. The van der Waals surface area contributed by atoms with Crippen molar-refractivity contribution in [3.63, 3.8) is 0 Å². The maximum Gasteiger partial charge on any atom is 0.271 e. The van der Waals surface area contributed by atoms with Crippen LogP contribution in [0.25, 0.3) is 0 Å². The summed E-state index contributed by atoms with van der Waals surface area (Å²) in [5.41, 5.74) is 5.73. The lowest BCUT2D eigenvalue weighted by atomic mass is 9.95. The van der Waals surface area contributed by atoms with E-state index in [9.17, 15) is 4.79 Å². The Bertz CT molecular complexity index is 368. The zero-order valence-electron chi connectivity index (χ0n) is 10.9. The van der Waals surface area contributed by atoms with Crippen molar-refractivity contribution in [2.75, 3.05) is 6.54 Å². The van der Waals surface area contributed by atoms with Crippen LogP contribution in [-0.4, -0.2) is 27.5 Å². The molecular formula is C12H22N4O. The van der Waals surface area contributed by atoms with Crippen molar-refractivity contribution in [1.29, 1.82) is 0 Å². The molecule has 0 aliphatic rings. The van der Waals surface area contributed by atoms with Crippen LogP contribution in [0.15, 0.2) is 12.5 Å². The first-order valence-corrected chi connectivity index (χ1v) is 6.09. The maximum atomic E-state index is 12.0. The Hall–Kier alpha value is -1.36. The lowest BCUT2D eigenvalue weighted by Crippen LogP contribution is -2.45. The zero-order valence-corrected chi connectivity index (χ0v) is 10.9. The number of aromatic nitrogens is 2. The molecule has 17 heavy (non-hydrogen) atoms. The fraction of sp³-hybridized carbons (Fsp3) is 0.667. The van der Waals surface area contributed by atoms with Crippen molar-refractivity contribution in [1.82, 2.24) is 14.9 Å². The van der Waals surface area contributed by atoms with Gasteiger partial charge in [-0.3, -0.25) is 4.79 Å². The first kappa shape index (κ1) is 13.7. The summed E-state index contributed by atoms with van der Waals surface area (Å²) >= 11 is 0. The average molecular weight is 238 g/mol. The molecule has 0 saturated heterocycles. The van der Waals surface area contributed by atoms with E-state index in [0.29, 0.717) is 18.8 Å². The van der Waals surface area contributed by atoms with Gasteiger partial charge in [0.05, 0.1) is 6.33 Å². The summed E-state index contributed by atoms with van der Waals surface area (Å²) in [6.07, 6.45) is 5.17. The number of hydrogen-bond acceptors (Lipinski definition) is 3. The highest BCUT2D eigenvalue weighted by Crippen LogP contribution is 2.14. The van der Waals surface area contributed by atoms with Crippen LogP contribution in [0.2, 0.25) is 0 Å². The van der Waals surface area contributed by atoms with E-state index in [1.54, 1.807) is 12.5 Å². The number of nitrogens with two attached hydrogens (primary N) is 1. The first-order chi connectivity index (χ1) is 8.04. The van der Waals surface area contributed by atoms with E-state index in [1.807, 2.05) is 11.5 Å². The molecule has 1 aromatic heterocycles. The second-order valence-corrected chi connectivity index (χ2v) is 4.51. The fourth-order valence-electron chi connectivity index (χ4n) is 1.51. The van der Waals surface area contributed by atoms with Crippen molar-refractivity contribution >= 4 is 5.91 Å². The molecule has 0 atom stereocenters. The molecule has 0 aromatic carbocycles. The molecule has 3 N–H and O–H groups in total. The van der Waals surface area contributed by atoms with Gasteiger partial charge in [-0.05, 0) is 19.8 Å². The fourth-order valence-corrected chi connectivity index (χ4v) is 1.51. The maximum absolute atomic E-state index is 12.0. The van der Waals surface area contributed by atoms with Crippen molar-refractivity contribution in [3.8, 4) is 0 Å². The Labute approximate surface area is 102 Å². The summed E-state index contributed by atoms with van der Waals surface area (Å²) in [5.74, 6) is -0.119. The van der Waals surface area contributed by atoms with E-state index < -0.39 is 0 Å². The SMILES string of the molecule is CCC(C)(CC)NC(=O)c1cn(CCN)cn1. The van der Waals surface area contributed by atoms with Crippen molar-refractivity contribution in [2.45, 2.75) is 45.7 Å². The van der Waals surface area contributed by atoms with Gasteiger partial charge < -0.3 is 15.6 Å². The number of rotatable bonds is 6. The number of nitrogens with one attached hydrogen (secondary N) is 1. The summed E-state index contributed by atoms with van der Waals surface area (Å²) in [6, 6.07) is 0. The monoisotopic (exact) mass is 238 g/mol. The van der Waals surface area contributed by atoms with Gasteiger partial charge in [0.15, 0.2) is 0 Å². The molecule has 0 bridgehead atoms. The Morgan fingerprint density at radius 1 is 1.53 bits per heavy atom. The first-order valence-electron chi connectivity index (χ1n) is 6.09. The van der Waals surface area contributed by atoms with Crippen LogP contribution in [0, 0.1) is 0 Å². The van der Waals surface area contributed by atoms with Gasteiger partial charge in [0, 0.05) is 24.8 Å². The van der Waals surface area contributed by atoms with Gasteiger partial charge in [-0.15, -0.1) is 0 Å². The summed E-state index contributed by atoms with van der Waals surface area (Å²) in [5, 5.41) is 3.02. The van der Waals surface area contributed by atoms with Crippen LogP contribution >= 0.6 is 0 Å². The van der Waals surface area contributed by atoms with Gasteiger partial charge in [0.25, 0.3) is 5.91 Å². The van der Waals surface area contributed by atoms with Gasteiger partial charge in [-0.25, -0.2) is 4.98 Å². The number of nitrogens with zero attached hydrogens (tertiary/aromatic N) is 2. The average Bonchev–Trinajstić information content (AvgIpc) is 2.78. The number of carbonyl (C=O) groups excluding carboxylic acids is 1. The quantitative estimate of drug-likeness (QED) is 0.781. The molecular weight excluding hydrogens is 216 g/mol. The minimum atomic E-state index is -0.158. The van der Waals surface area contributed by atoms with E-state index in [-0.39, 0.29) is 11.4 Å². The van der Waals surface area contributed by atoms with Crippen LogP contribution in [0.3, 0.4) is 0 Å². The zero-order chi connectivity index (χ0) is 12.9. The largest absolute Gasteiger partial charge is 0.346 e. The number of amides is 1. The molecule has 5 heteroatoms. The van der Waals surface area contributed by atoms with Crippen LogP contribution in [0.4, 0.5) is 0 Å². The molecule has 0 aliphatic carbocycles. The second-order valence-electron chi connectivity index (χ2n) is 4.51. The lowest BCUT2D eigenvalue weighted by Gasteiger charge is -2.27. The molecule has 1 heterocycles. The van der Waals surface area contributed by atoms with E-state index in [0.717, 1.165) is 12.8 Å². The standard InChI is InChI=1S/C12H22N4O/c1-4-12(3,5-2)15-11(17)10-8-16(7-6-13)9-14-10/h8-9H,4-7,13H2,1-3H3,(H,15,17). The van der Waals surface area contributed by atoms with Crippen molar-refractivity contribution < 1.29 is 4.79 Å². The van der Waals surface area contributed by atoms with E-state index in [1.165, 1.54) is 0 Å². The summed E-state index contributed by atoms with van der Waals surface area (Å²) in [4.78, 5) is 16.1. The Morgan fingerprint density at radius 2 is 2.18 bits per heavy atom. The molecule has 0 radical (unpaired) electrons. The third-order valence-corrected chi connectivity index (χ3v) is 3.23. The molecule has 0 unspecified atom stereocenters. The van der Waals surface area contributed by atoms with Crippen molar-refractivity contribution in [3.05, 3.63) is 18.2 Å². The minimum Gasteiger partial charge on any atom is -0.346 e. The van der Waals surface area contributed by atoms with Gasteiger partial charge in [0.1, 0.15) is 5.69 Å². The van der Waals surface area contributed by atoms with Crippen LogP contribution in [0.5, 0.6) is 0 Å². The third kappa shape index (κ3) is 3.56. The molecule has 0 saturated carbocycles. The predicted octanol–water partition coefficient (Wildman–Crippen LogP) is 1.15. The summed E-state index contributed by atoms with van der Waals surface area (Å²) in [7, 11) is 0. The molecule has 96 valence electrons. The number of hydrogen-bond donors (Lipinski definition) is 2. The van der Waals surface area contributed by atoms with Crippen LogP contribution in [-0.2, 0) is 6.54 Å². The second kappa shape index (κ2) is 5.82. The summed E-state index contributed by atoms with van der Waals surface area (Å²) in [6.45, 7) is 7.40. The van der Waals surface area contributed by atoms with Gasteiger partial charge in [0.2, 0.25) is 0 Å². The van der Waals surface area contributed by atoms with Crippen molar-refractivity contribution in [2.24, 2.45) is 5.73 Å². The normalized spacial score (nSPS) is 11.5. The molecule has 1 rings (SSSR count). The molecule has 0 fully saturated rings. The molecule has 1 amide bonds. The highest BCUT2D eigenvalue weighted by atomic mass is 16.2. The minimum absolute atomic E-state index is 0.119. The van der Waals surface area contributed by atoms with Crippen LogP contribution < -0.4 is 11.1 Å². The third-order valence-electron chi connectivity index (χ3n) is 3.23. The van der Waals surface area contributed by atoms with E-state index in [4.69, 9.17) is 5.73 Å². The Morgan fingerprint density at radius 3 is 2.71 bits per heavy atom. The van der Waals surface area contributed by atoms with E-state index >= 15 is 0 Å². The lowest BCUT2D eigenvalue weighted by molar-refractivity contribution is 0.0896. The predicted molar refractivity (Wildman–Crippen MR) is 67.7 cm³/mol. The van der Waals surface area contributed by atoms with Gasteiger partial charge in [-0.1, -0.05) is 13.8 Å². The molecule has 1 aromatic rings. The molecule has 0 spiro atoms. The van der Waals surface area contributed by atoms with Gasteiger partial charge >= 0.3 is 0 Å². The molecule has 0 aliphatic heterocycles. The topological polar surface area (TPSA) is 72.9 Å². The summed E-state index contributed by atoms with van der Waals surface area (Å²) < 4.78 is 1.82. The van der Waals surface area contributed by atoms with Gasteiger partial charge in [-0.2, -0.15) is 0 Å². The van der Waals surface area contributed by atoms with E-state index in [2.05, 4.69) is 24.1 Å². The number of carbonyl (C=O) groups is 1. The number of imidazole rings is 1. The Kier molecular flexibility index (Phi) is 4.69. The Balaban J connectivity index is 2.69. The highest BCUT2D eigenvalue weighted by molar-refractivity contribution is 5.92.